The molecule has 0 N–H and O–H groups in total. The van der Waals surface area contributed by atoms with Crippen LogP contribution in [0.1, 0.15) is 12.8 Å². The van der Waals surface area contributed by atoms with Crippen LogP contribution in [-0.4, -0.2) is 16.8 Å². The molecule has 1 aliphatic carbocycles. The predicted octanol–water partition coefficient (Wildman–Crippen LogP) is 2.94. The average molecular weight is 334 g/mol. The molecule has 0 radical (unpaired) electrons. The van der Waals surface area contributed by atoms with E-state index in [1.54, 1.807) is 36.4 Å². The number of benzene rings is 2. The maximum atomic E-state index is 12.6. The highest BCUT2D eigenvalue weighted by molar-refractivity contribution is 7.99. The third-order valence-corrected chi connectivity index (χ3v) is 7.76. The fourth-order valence-corrected chi connectivity index (χ4v) is 6.18. The van der Waals surface area contributed by atoms with E-state index in [0.29, 0.717) is 0 Å². The molecule has 0 saturated heterocycles. The van der Waals surface area contributed by atoms with Gasteiger partial charge in [0.1, 0.15) is 0 Å². The van der Waals surface area contributed by atoms with E-state index in [2.05, 4.69) is 0 Å². The van der Waals surface area contributed by atoms with Crippen molar-refractivity contribution in [2.45, 2.75) is 22.6 Å². The first-order valence-electron chi connectivity index (χ1n) is 6.76. The molecule has 6 heteroatoms. The van der Waals surface area contributed by atoms with Gasteiger partial charge < -0.3 is 0 Å². The number of hydrogen-bond donors (Lipinski definition) is 0. The molecular formula is C16H14O4S2. The van der Waals surface area contributed by atoms with Crippen LogP contribution in [0.5, 0.6) is 0 Å². The molecule has 0 atom stereocenters. The molecule has 3 rings (SSSR count). The third kappa shape index (κ3) is 2.38. The Hall–Kier alpha value is -1.92. The summed E-state index contributed by atoms with van der Waals surface area (Å²) in [5, 5.41) is 0. The summed E-state index contributed by atoms with van der Waals surface area (Å²) in [7, 11) is -7.48. The van der Waals surface area contributed by atoms with Crippen LogP contribution >= 0.6 is 0 Å². The Balaban J connectivity index is 2.12. The number of hydrogen-bond acceptors (Lipinski definition) is 4. The summed E-state index contributed by atoms with van der Waals surface area (Å²) in [5.74, 6) is 0. The lowest BCUT2D eigenvalue weighted by Crippen LogP contribution is -2.21. The van der Waals surface area contributed by atoms with Gasteiger partial charge in [-0.15, -0.1) is 0 Å². The lowest BCUT2D eigenvalue weighted by molar-refractivity contribution is 0.586. The largest absolute Gasteiger partial charge is 0.219 e. The first-order chi connectivity index (χ1) is 10.4. The van der Waals surface area contributed by atoms with Gasteiger partial charge in [-0.1, -0.05) is 36.4 Å². The maximum Gasteiger partial charge on any atom is 0.203 e. The number of sulfone groups is 2. The van der Waals surface area contributed by atoms with Crippen molar-refractivity contribution in [1.82, 2.24) is 0 Å². The zero-order valence-corrected chi connectivity index (χ0v) is 13.3. The van der Waals surface area contributed by atoms with Crippen LogP contribution in [0, 0.1) is 0 Å². The first-order valence-corrected chi connectivity index (χ1v) is 9.73. The van der Waals surface area contributed by atoms with Crippen LogP contribution < -0.4 is 0 Å². The summed E-state index contributed by atoms with van der Waals surface area (Å²) in [6.07, 6.45) is 0.525. The number of allylic oxidation sites excluding steroid dienone is 2. The molecule has 0 amide bonds. The van der Waals surface area contributed by atoms with Crippen LogP contribution in [0.2, 0.25) is 0 Å². The van der Waals surface area contributed by atoms with Crippen LogP contribution in [0.4, 0.5) is 0 Å². The lowest BCUT2D eigenvalue weighted by Gasteiger charge is -2.23. The van der Waals surface area contributed by atoms with E-state index in [-0.39, 0.29) is 32.4 Å². The molecule has 0 saturated carbocycles. The van der Waals surface area contributed by atoms with E-state index in [1.165, 1.54) is 24.3 Å². The van der Waals surface area contributed by atoms with E-state index >= 15 is 0 Å². The van der Waals surface area contributed by atoms with Gasteiger partial charge in [0.05, 0.1) is 19.6 Å². The zero-order valence-electron chi connectivity index (χ0n) is 11.6. The highest BCUT2D eigenvalue weighted by Gasteiger charge is 2.37. The summed E-state index contributed by atoms with van der Waals surface area (Å²) in [4.78, 5) is 0.293. The van der Waals surface area contributed by atoms with Crippen LogP contribution in [0.25, 0.3) is 0 Å². The molecule has 1 aliphatic rings. The van der Waals surface area contributed by atoms with Gasteiger partial charge in [-0.3, -0.25) is 0 Å². The maximum absolute atomic E-state index is 12.6. The second-order valence-electron chi connectivity index (χ2n) is 4.98. The van der Waals surface area contributed by atoms with Gasteiger partial charge >= 0.3 is 0 Å². The molecule has 0 fully saturated rings. The van der Waals surface area contributed by atoms with Gasteiger partial charge in [0.15, 0.2) is 0 Å². The normalized spacial score (nSPS) is 15.5. The van der Waals surface area contributed by atoms with Crippen molar-refractivity contribution in [2.75, 3.05) is 0 Å². The Bertz CT molecular complexity index is 847. The molecule has 0 spiro atoms. The highest BCUT2D eigenvalue weighted by Crippen LogP contribution is 2.41. The van der Waals surface area contributed by atoms with E-state index in [1.807, 2.05) is 0 Å². The zero-order chi connectivity index (χ0) is 15.8. The molecule has 4 nitrogen and oxygen atoms in total. The highest BCUT2D eigenvalue weighted by atomic mass is 32.2. The molecule has 0 aromatic heterocycles. The SMILES string of the molecule is O=S(=O)(C1=C(S(=O)(=O)c2ccccc2)CC1)c1ccccc1. The van der Waals surface area contributed by atoms with E-state index in [9.17, 15) is 16.8 Å². The van der Waals surface area contributed by atoms with Crippen molar-refractivity contribution in [3.63, 3.8) is 0 Å². The van der Waals surface area contributed by atoms with E-state index in [0.717, 1.165) is 0 Å². The Labute approximate surface area is 130 Å². The first kappa shape index (κ1) is 15.0. The minimum absolute atomic E-state index is 0.0163. The molecule has 0 unspecified atom stereocenters. The second-order valence-corrected chi connectivity index (χ2v) is 8.92. The Morgan fingerprint density at radius 2 is 0.864 bits per heavy atom. The quantitative estimate of drug-likeness (QED) is 0.862. The lowest BCUT2D eigenvalue weighted by atomic mass is 10.1. The molecule has 2 aromatic carbocycles. The summed E-state index contributed by atoms with van der Waals surface area (Å²) in [6.45, 7) is 0. The van der Waals surface area contributed by atoms with Gasteiger partial charge in [0.25, 0.3) is 0 Å². The van der Waals surface area contributed by atoms with Gasteiger partial charge in [-0.25, -0.2) is 16.8 Å². The van der Waals surface area contributed by atoms with Gasteiger partial charge in [0, 0.05) is 0 Å². The van der Waals surface area contributed by atoms with Crippen molar-refractivity contribution in [2.24, 2.45) is 0 Å². The van der Waals surface area contributed by atoms with Crippen LogP contribution in [0.15, 0.2) is 80.3 Å². The monoisotopic (exact) mass is 334 g/mol. The van der Waals surface area contributed by atoms with Crippen LogP contribution in [-0.2, 0) is 19.7 Å². The Morgan fingerprint density at radius 1 is 0.545 bits per heavy atom. The van der Waals surface area contributed by atoms with Gasteiger partial charge in [-0.2, -0.15) is 0 Å². The van der Waals surface area contributed by atoms with E-state index < -0.39 is 19.7 Å². The van der Waals surface area contributed by atoms with Crippen molar-refractivity contribution >= 4 is 19.7 Å². The molecular weight excluding hydrogens is 320 g/mol. The van der Waals surface area contributed by atoms with E-state index in [4.69, 9.17) is 0 Å². The summed E-state index contributed by atoms with van der Waals surface area (Å²) in [6, 6.07) is 15.8. The molecule has 0 bridgehead atoms. The van der Waals surface area contributed by atoms with Gasteiger partial charge in [-0.05, 0) is 37.1 Å². The van der Waals surface area contributed by atoms with Crippen molar-refractivity contribution in [3.05, 3.63) is 70.5 Å². The summed E-state index contributed by atoms with van der Waals surface area (Å²) < 4.78 is 50.3. The Kier molecular flexibility index (Phi) is 3.66. The van der Waals surface area contributed by atoms with Crippen molar-refractivity contribution in [1.29, 1.82) is 0 Å². The second kappa shape index (κ2) is 5.37. The number of rotatable bonds is 4. The van der Waals surface area contributed by atoms with Crippen molar-refractivity contribution in [3.8, 4) is 0 Å². The van der Waals surface area contributed by atoms with Crippen LogP contribution in [0.3, 0.4) is 0 Å². The molecule has 0 heterocycles. The molecule has 114 valence electrons. The third-order valence-electron chi connectivity index (χ3n) is 3.65. The minimum atomic E-state index is -3.74. The average Bonchev–Trinajstić information content (AvgIpc) is 2.47. The topological polar surface area (TPSA) is 68.3 Å². The summed E-state index contributed by atoms with van der Waals surface area (Å²) in [5.41, 5.74) is 0. The summed E-state index contributed by atoms with van der Waals surface area (Å²) >= 11 is 0. The smallest absolute Gasteiger partial charge is 0.203 e. The molecule has 0 aliphatic heterocycles. The fourth-order valence-electron chi connectivity index (χ4n) is 2.38. The minimum Gasteiger partial charge on any atom is -0.219 e. The standard InChI is InChI=1S/C16H14O4S2/c17-21(18,13-7-3-1-4-8-13)15-11-12-16(15)22(19,20)14-9-5-2-6-10-14/h1-10H,11-12H2. The molecule has 22 heavy (non-hydrogen) atoms. The Morgan fingerprint density at radius 3 is 1.14 bits per heavy atom. The predicted molar refractivity (Wildman–Crippen MR) is 83.5 cm³/mol. The van der Waals surface area contributed by atoms with Gasteiger partial charge in [0.2, 0.25) is 19.7 Å². The van der Waals surface area contributed by atoms with Crippen molar-refractivity contribution < 1.29 is 16.8 Å². The molecule has 2 aromatic rings. The fraction of sp³-hybridized carbons (Fsp3) is 0.125.